The zero-order valence-corrected chi connectivity index (χ0v) is 24.1. The molecule has 1 fully saturated rings. The van der Waals surface area contributed by atoms with Gasteiger partial charge in [0.05, 0.1) is 24.6 Å². The van der Waals surface area contributed by atoms with Crippen LogP contribution in [0, 0.1) is 13.8 Å². The third-order valence-electron chi connectivity index (χ3n) is 7.09. The standard InChI is InChI=1S/C29H43N5O8/c1-18-10-20(26(39)22(12-18)31-28(41)24(37)16-35)14-33-6-3-4-30-5-7-34(9-8-33)15-21-11-19(2)13-23(27(21)40)32-29(42)25(38)17-36/h10-13,24-25,30,35-40H,3-9,14-17H2,1-2H3,(H,31,41)(H,32,42). The van der Waals surface area contributed by atoms with Crippen molar-refractivity contribution >= 4 is 23.2 Å². The van der Waals surface area contributed by atoms with Crippen LogP contribution in [0.4, 0.5) is 11.4 Å². The van der Waals surface area contributed by atoms with Crippen LogP contribution >= 0.6 is 0 Å². The van der Waals surface area contributed by atoms with Crippen molar-refractivity contribution in [2.45, 2.75) is 45.6 Å². The molecule has 0 aromatic heterocycles. The molecule has 2 atom stereocenters. The first-order valence-corrected chi connectivity index (χ1v) is 14.0. The van der Waals surface area contributed by atoms with Crippen molar-refractivity contribution in [3.63, 3.8) is 0 Å². The molecule has 0 aliphatic carbocycles. The number of nitrogens with zero attached hydrogens (tertiary/aromatic N) is 2. The molecule has 0 radical (unpaired) electrons. The van der Waals surface area contributed by atoms with Crippen molar-refractivity contribution in [1.82, 2.24) is 15.1 Å². The van der Waals surface area contributed by atoms with E-state index in [9.17, 15) is 30.0 Å². The van der Waals surface area contributed by atoms with E-state index in [4.69, 9.17) is 10.2 Å². The van der Waals surface area contributed by atoms with Gasteiger partial charge in [-0.3, -0.25) is 19.4 Å². The van der Waals surface area contributed by atoms with Crippen LogP contribution in [0.5, 0.6) is 11.5 Å². The minimum atomic E-state index is -1.60. The van der Waals surface area contributed by atoms with Gasteiger partial charge in [0.15, 0.2) is 12.2 Å². The molecule has 232 valence electrons. The predicted octanol–water partition coefficient (Wildman–Crippen LogP) is -0.404. The summed E-state index contributed by atoms with van der Waals surface area (Å²) in [5.74, 6) is -1.82. The van der Waals surface area contributed by atoms with Crippen LogP contribution in [0.3, 0.4) is 0 Å². The summed E-state index contributed by atoms with van der Waals surface area (Å²) < 4.78 is 0. The fraction of sp³-hybridized carbons (Fsp3) is 0.517. The van der Waals surface area contributed by atoms with Crippen LogP contribution in [-0.4, -0.2) is 117 Å². The smallest absolute Gasteiger partial charge is 0.255 e. The van der Waals surface area contributed by atoms with Gasteiger partial charge in [-0.2, -0.15) is 0 Å². The number of carbonyl (C=O) groups is 2. The number of anilines is 2. The van der Waals surface area contributed by atoms with Gasteiger partial charge in [0, 0.05) is 50.4 Å². The number of aromatic hydroxyl groups is 2. The van der Waals surface area contributed by atoms with Gasteiger partial charge in [-0.25, -0.2) is 0 Å². The summed E-state index contributed by atoms with van der Waals surface area (Å²) in [6.45, 7) is 7.30. The van der Waals surface area contributed by atoms with Crippen molar-refractivity contribution in [3.05, 3.63) is 46.5 Å². The molecule has 9 N–H and O–H groups in total. The Morgan fingerprint density at radius 3 is 1.67 bits per heavy atom. The minimum Gasteiger partial charge on any atom is -0.505 e. The zero-order chi connectivity index (χ0) is 30.8. The lowest BCUT2D eigenvalue weighted by molar-refractivity contribution is -0.126. The van der Waals surface area contributed by atoms with Gasteiger partial charge in [-0.05, 0) is 56.6 Å². The molecule has 3 rings (SSSR count). The largest absolute Gasteiger partial charge is 0.505 e. The molecule has 2 amide bonds. The Bertz CT molecular complexity index is 1130. The molecule has 0 spiro atoms. The van der Waals surface area contributed by atoms with Gasteiger partial charge in [0.1, 0.15) is 11.5 Å². The van der Waals surface area contributed by atoms with Crippen molar-refractivity contribution in [2.24, 2.45) is 0 Å². The number of benzene rings is 2. The number of amides is 2. The summed E-state index contributed by atoms with van der Waals surface area (Å²) in [6, 6.07) is 6.88. The van der Waals surface area contributed by atoms with Crippen molar-refractivity contribution < 1.29 is 40.2 Å². The van der Waals surface area contributed by atoms with Crippen molar-refractivity contribution in [3.8, 4) is 11.5 Å². The molecule has 1 aliphatic heterocycles. The first-order chi connectivity index (χ1) is 20.0. The lowest BCUT2D eigenvalue weighted by Gasteiger charge is -2.30. The fourth-order valence-electron chi connectivity index (χ4n) is 4.83. The van der Waals surface area contributed by atoms with Crippen LogP contribution in [0.15, 0.2) is 24.3 Å². The molecule has 13 heteroatoms. The topological polar surface area (TPSA) is 198 Å². The molecule has 0 saturated carbocycles. The maximum absolute atomic E-state index is 12.1. The highest BCUT2D eigenvalue weighted by molar-refractivity contribution is 5.96. The number of carbonyl (C=O) groups excluding carboxylic acids is 2. The lowest BCUT2D eigenvalue weighted by Crippen LogP contribution is -2.41. The normalized spacial score (nSPS) is 16.9. The quantitative estimate of drug-likeness (QED) is 0.163. The number of hydrogen-bond acceptors (Lipinski definition) is 11. The number of aliphatic hydroxyl groups is 4. The summed E-state index contributed by atoms with van der Waals surface area (Å²) in [5, 5.41) is 67.6. The molecule has 2 aromatic rings. The Morgan fingerprint density at radius 1 is 0.762 bits per heavy atom. The Labute approximate surface area is 245 Å². The predicted molar refractivity (Wildman–Crippen MR) is 157 cm³/mol. The van der Waals surface area contributed by atoms with E-state index in [0.29, 0.717) is 43.9 Å². The number of rotatable bonds is 10. The second kappa shape index (κ2) is 15.8. The monoisotopic (exact) mass is 589 g/mol. The highest BCUT2D eigenvalue weighted by atomic mass is 16.3. The SMILES string of the molecule is Cc1cc(CN2CCCNCCN(Cc3cc(C)cc(NC(=O)C(O)CO)c3O)CC2)c(O)c(NC(=O)C(O)CO)c1. The lowest BCUT2D eigenvalue weighted by atomic mass is 10.1. The number of phenols is 2. The van der Waals surface area contributed by atoms with Gasteiger partial charge >= 0.3 is 0 Å². The molecule has 0 bridgehead atoms. The average Bonchev–Trinajstić information content (AvgIpc) is 2.96. The van der Waals surface area contributed by atoms with Gasteiger partial charge in [-0.15, -0.1) is 0 Å². The van der Waals surface area contributed by atoms with Crippen LogP contribution in [0.1, 0.15) is 28.7 Å². The maximum atomic E-state index is 12.1. The molecular weight excluding hydrogens is 546 g/mol. The summed E-state index contributed by atoms with van der Waals surface area (Å²) in [4.78, 5) is 28.6. The maximum Gasteiger partial charge on any atom is 0.255 e. The molecule has 1 aliphatic rings. The number of aliphatic hydroxyl groups excluding tert-OH is 4. The van der Waals surface area contributed by atoms with E-state index in [1.165, 1.54) is 0 Å². The Balaban J connectivity index is 1.75. The summed E-state index contributed by atoms with van der Waals surface area (Å²) >= 11 is 0. The zero-order valence-electron chi connectivity index (χ0n) is 24.1. The van der Waals surface area contributed by atoms with E-state index in [1.807, 2.05) is 26.0 Å². The third kappa shape index (κ3) is 9.36. The van der Waals surface area contributed by atoms with E-state index in [1.54, 1.807) is 12.1 Å². The molecule has 2 aromatic carbocycles. The van der Waals surface area contributed by atoms with Crippen LogP contribution in [-0.2, 0) is 22.7 Å². The second-order valence-corrected chi connectivity index (χ2v) is 10.7. The summed E-state index contributed by atoms with van der Waals surface area (Å²) in [6.07, 6.45) is -2.30. The Morgan fingerprint density at radius 2 is 1.21 bits per heavy atom. The van der Waals surface area contributed by atoms with E-state index in [0.717, 1.165) is 37.2 Å². The second-order valence-electron chi connectivity index (χ2n) is 10.7. The van der Waals surface area contributed by atoms with E-state index in [2.05, 4.69) is 25.8 Å². The molecule has 1 heterocycles. The molecule has 13 nitrogen and oxygen atoms in total. The van der Waals surface area contributed by atoms with E-state index in [-0.39, 0.29) is 22.9 Å². The Hall–Kier alpha value is -3.30. The molecule has 2 unspecified atom stereocenters. The molecule has 42 heavy (non-hydrogen) atoms. The first kappa shape index (κ1) is 33.2. The van der Waals surface area contributed by atoms with Gasteiger partial charge in [0.2, 0.25) is 0 Å². The summed E-state index contributed by atoms with van der Waals surface area (Å²) in [7, 11) is 0. The number of aryl methyl sites for hydroxylation is 2. The fourth-order valence-corrected chi connectivity index (χ4v) is 4.83. The number of phenolic OH excluding ortho intramolecular Hbond substituents is 2. The van der Waals surface area contributed by atoms with E-state index >= 15 is 0 Å². The van der Waals surface area contributed by atoms with Gasteiger partial charge < -0.3 is 46.6 Å². The molecule has 1 saturated heterocycles. The van der Waals surface area contributed by atoms with Gasteiger partial charge in [-0.1, -0.05) is 12.1 Å². The Kier molecular flexibility index (Phi) is 12.5. The highest BCUT2D eigenvalue weighted by Gasteiger charge is 2.21. The molecular formula is C29H43N5O8. The van der Waals surface area contributed by atoms with Crippen molar-refractivity contribution in [2.75, 3.05) is 63.1 Å². The van der Waals surface area contributed by atoms with Crippen LogP contribution in [0.25, 0.3) is 0 Å². The summed E-state index contributed by atoms with van der Waals surface area (Å²) in [5.41, 5.74) is 3.16. The van der Waals surface area contributed by atoms with E-state index < -0.39 is 37.2 Å². The van der Waals surface area contributed by atoms with Crippen LogP contribution in [0.2, 0.25) is 0 Å². The first-order valence-electron chi connectivity index (χ1n) is 14.0. The number of nitrogens with one attached hydrogen (secondary N) is 3. The third-order valence-corrected chi connectivity index (χ3v) is 7.09. The van der Waals surface area contributed by atoms with Crippen molar-refractivity contribution in [1.29, 1.82) is 0 Å². The minimum absolute atomic E-state index is 0.100. The van der Waals surface area contributed by atoms with Crippen LogP contribution < -0.4 is 16.0 Å². The van der Waals surface area contributed by atoms with Gasteiger partial charge in [0.25, 0.3) is 11.8 Å². The number of hydrogen-bond donors (Lipinski definition) is 9. The highest BCUT2D eigenvalue weighted by Crippen LogP contribution is 2.32. The average molecular weight is 590 g/mol.